The van der Waals surface area contributed by atoms with E-state index in [2.05, 4.69) is 30.6 Å². The van der Waals surface area contributed by atoms with Crippen LogP contribution in [-0.4, -0.2) is 47.1 Å². The lowest BCUT2D eigenvalue weighted by atomic mass is 9.73. The van der Waals surface area contributed by atoms with Gasteiger partial charge in [-0.3, -0.25) is 14.7 Å². The van der Waals surface area contributed by atoms with Gasteiger partial charge in [0.15, 0.2) is 11.6 Å². The first-order valence-electron chi connectivity index (χ1n) is 10.9. The SMILES string of the molecule is O=C(NCc1ccc(OC(F)(F)F)cc1)c1cccc(C2c3cn[nH]c3N=C3CNCC(=O)C32)c1. The second-order valence-electron chi connectivity index (χ2n) is 8.30. The molecule has 2 aromatic carbocycles. The van der Waals surface area contributed by atoms with Crippen molar-refractivity contribution in [3.63, 3.8) is 0 Å². The summed E-state index contributed by atoms with van der Waals surface area (Å²) in [5.41, 5.74) is 3.33. The Morgan fingerprint density at radius 1 is 1.11 bits per heavy atom. The number of carbonyl (C=O) groups is 2. The molecule has 1 amide bonds. The van der Waals surface area contributed by atoms with Gasteiger partial charge in [-0.2, -0.15) is 5.10 Å². The number of Topliss-reactive ketones (excluding diaryl/α,β-unsaturated/α-hetero) is 1. The van der Waals surface area contributed by atoms with Crippen LogP contribution in [0, 0.1) is 5.92 Å². The van der Waals surface area contributed by atoms with E-state index >= 15 is 0 Å². The van der Waals surface area contributed by atoms with Crippen molar-refractivity contribution in [2.24, 2.45) is 10.9 Å². The van der Waals surface area contributed by atoms with Gasteiger partial charge in [0.2, 0.25) is 0 Å². The van der Waals surface area contributed by atoms with E-state index in [9.17, 15) is 22.8 Å². The summed E-state index contributed by atoms with van der Waals surface area (Å²) in [4.78, 5) is 30.2. The molecule has 1 aromatic heterocycles. The van der Waals surface area contributed by atoms with E-state index in [4.69, 9.17) is 0 Å². The maximum atomic E-state index is 12.8. The number of rotatable bonds is 5. The zero-order valence-electron chi connectivity index (χ0n) is 18.2. The monoisotopic (exact) mass is 483 g/mol. The number of halogens is 3. The van der Waals surface area contributed by atoms with Gasteiger partial charge in [-0.05, 0) is 35.4 Å². The quantitative estimate of drug-likeness (QED) is 0.516. The topological polar surface area (TPSA) is 108 Å². The number of hydrogen-bond acceptors (Lipinski definition) is 6. The van der Waals surface area contributed by atoms with Crippen LogP contribution in [0.5, 0.6) is 5.75 Å². The Morgan fingerprint density at radius 2 is 1.91 bits per heavy atom. The summed E-state index contributed by atoms with van der Waals surface area (Å²) in [5.74, 6) is -0.806. The fourth-order valence-electron chi connectivity index (χ4n) is 4.47. The summed E-state index contributed by atoms with van der Waals surface area (Å²) >= 11 is 0. The number of ketones is 1. The highest BCUT2D eigenvalue weighted by atomic mass is 19.4. The van der Waals surface area contributed by atoms with Crippen LogP contribution < -0.4 is 15.4 Å². The highest BCUT2D eigenvalue weighted by molar-refractivity contribution is 6.12. The second kappa shape index (κ2) is 8.99. The Bertz CT molecular complexity index is 1300. The maximum absolute atomic E-state index is 12.8. The molecule has 180 valence electrons. The zero-order valence-corrected chi connectivity index (χ0v) is 18.2. The smallest absolute Gasteiger partial charge is 0.406 e. The van der Waals surface area contributed by atoms with Crippen molar-refractivity contribution in [3.8, 4) is 5.75 Å². The second-order valence-corrected chi connectivity index (χ2v) is 8.30. The van der Waals surface area contributed by atoms with Gasteiger partial charge in [-0.15, -0.1) is 13.2 Å². The van der Waals surface area contributed by atoms with E-state index < -0.39 is 12.3 Å². The molecular formula is C24H20F3N5O3. The van der Waals surface area contributed by atoms with Gasteiger partial charge in [-0.25, -0.2) is 4.99 Å². The number of piperidine rings is 1. The van der Waals surface area contributed by atoms with Gasteiger partial charge in [0.1, 0.15) is 5.75 Å². The molecule has 0 radical (unpaired) electrons. The third-order valence-corrected chi connectivity index (χ3v) is 6.00. The average Bonchev–Trinajstić information content (AvgIpc) is 3.29. The number of alkyl halides is 3. The normalized spacial score (nSPS) is 19.4. The number of aliphatic imine (C=N–C) groups is 1. The zero-order chi connectivity index (χ0) is 24.6. The lowest BCUT2D eigenvalue weighted by Gasteiger charge is -2.34. The lowest BCUT2D eigenvalue weighted by molar-refractivity contribution is -0.274. The molecule has 2 aliphatic heterocycles. The Kier molecular flexibility index (Phi) is 5.85. The molecule has 8 nitrogen and oxygen atoms in total. The molecule has 2 aliphatic rings. The van der Waals surface area contributed by atoms with Crippen molar-refractivity contribution >= 4 is 23.2 Å². The number of carbonyl (C=O) groups excluding carboxylic acids is 2. The first-order chi connectivity index (χ1) is 16.8. The highest BCUT2D eigenvalue weighted by Crippen LogP contribution is 2.42. The number of benzene rings is 2. The van der Waals surface area contributed by atoms with Crippen molar-refractivity contribution in [1.82, 2.24) is 20.8 Å². The summed E-state index contributed by atoms with van der Waals surface area (Å²) < 4.78 is 40.8. The molecule has 2 atom stereocenters. The predicted molar refractivity (Wildman–Crippen MR) is 120 cm³/mol. The van der Waals surface area contributed by atoms with Crippen molar-refractivity contribution in [2.45, 2.75) is 18.8 Å². The largest absolute Gasteiger partial charge is 0.573 e. The van der Waals surface area contributed by atoms with Crippen molar-refractivity contribution < 1.29 is 27.5 Å². The molecule has 3 heterocycles. The van der Waals surface area contributed by atoms with Gasteiger partial charge in [-0.1, -0.05) is 24.3 Å². The number of fused-ring (bicyclic) bond motifs is 2. The number of aromatic nitrogens is 2. The number of aromatic amines is 1. The minimum Gasteiger partial charge on any atom is -0.406 e. The minimum absolute atomic E-state index is 0.0275. The van der Waals surface area contributed by atoms with Crippen LogP contribution in [0.3, 0.4) is 0 Å². The van der Waals surface area contributed by atoms with Crippen LogP contribution in [0.2, 0.25) is 0 Å². The van der Waals surface area contributed by atoms with Crippen LogP contribution in [-0.2, 0) is 11.3 Å². The Morgan fingerprint density at radius 3 is 2.69 bits per heavy atom. The van der Waals surface area contributed by atoms with Gasteiger partial charge in [0, 0.05) is 35.8 Å². The lowest BCUT2D eigenvalue weighted by Crippen LogP contribution is -2.48. The van der Waals surface area contributed by atoms with Crippen molar-refractivity contribution in [3.05, 3.63) is 77.0 Å². The first-order valence-corrected chi connectivity index (χ1v) is 10.9. The summed E-state index contributed by atoms with van der Waals surface area (Å²) in [5, 5.41) is 12.8. The van der Waals surface area contributed by atoms with E-state index in [0.717, 1.165) is 16.8 Å². The molecule has 0 saturated carbocycles. The third kappa shape index (κ3) is 4.80. The molecule has 35 heavy (non-hydrogen) atoms. The summed E-state index contributed by atoms with van der Waals surface area (Å²) in [6.45, 7) is 0.868. The molecule has 2 unspecified atom stereocenters. The number of hydrogen-bond donors (Lipinski definition) is 3. The van der Waals surface area contributed by atoms with E-state index in [1.54, 1.807) is 24.4 Å². The molecular weight excluding hydrogens is 463 g/mol. The highest BCUT2D eigenvalue weighted by Gasteiger charge is 2.41. The van der Waals surface area contributed by atoms with Gasteiger partial charge in [0.05, 0.1) is 18.7 Å². The molecule has 3 N–H and O–H groups in total. The van der Waals surface area contributed by atoms with E-state index in [1.165, 1.54) is 24.3 Å². The van der Waals surface area contributed by atoms with Gasteiger partial charge >= 0.3 is 6.36 Å². The standard InChI is InChI=1S/C24H20F3N5O3/c25-24(26,27)35-16-6-4-13(5-7-16)9-29-23(34)15-3-1-2-14(8-15)20-17-10-30-32-22(17)31-18-11-28-12-19(33)21(18)20/h1-8,10,20-21,28H,9,11-12H2,(H,29,34)(H,30,32). The van der Waals surface area contributed by atoms with Crippen LogP contribution in [0.4, 0.5) is 19.0 Å². The number of H-pyrrole nitrogens is 1. The molecule has 0 spiro atoms. The number of ether oxygens (including phenoxy) is 1. The Labute approximate surface area is 197 Å². The molecule has 0 aliphatic carbocycles. The van der Waals surface area contributed by atoms with Crippen LogP contribution in [0.25, 0.3) is 0 Å². The minimum atomic E-state index is -4.76. The number of nitrogens with zero attached hydrogens (tertiary/aromatic N) is 2. The molecule has 3 aromatic rings. The van der Waals surface area contributed by atoms with Gasteiger partial charge < -0.3 is 15.4 Å². The van der Waals surface area contributed by atoms with Crippen molar-refractivity contribution in [2.75, 3.05) is 13.1 Å². The Hall–Kier alpha value is -3.99. The third-order valence-electron chi connectivity index (χ3n) is 6.00. The fraction of sp³-hybridized carbons (Fsp3) is 0.250. The number of amides is 1. The number of nitrogens with one attached hydrogen (secondary N) is 3. The maximum Gasteiger partial charge on any atom is 0.573 e. The van der Waals surface area contributed by atoms with E-state index in [-0.39, 0.29) is 36.4 Å². The first kappa shape index (κ1) is 22.8. The molecule has 11 heteroatoms. The van der Waals surface area contributed by atoms with E-state index in [1.807, 2.05) is 6.07 Å². The molecule has 0 bridgehead atoms. The van der Waals surface area contributed by atoms with Crippen LogP contribution >= 0.6 is 0 Å². The Balaban J connectivity index is 1.33. The molecule has 1 saturated heterocycles. The summed E-state index contributed by atoms with van der Waals surface area (Å²) in [6.07, 6.45) is -3.10. The van der Waals surface area contributed by atoms with Crippen LogP contribution in [0.1, 0.15) is 33.0 Å². The van der Waals surface area contributed by atoms with E-state index in [0.29, 0.717) is 23.5 Å². The average molecular weight is 483 g/mol. The van der Waals surface area contributed by atoms with Crippen LogP contribution in [0.15, 0.2) is 59.7 Å². The van der Waals surface area contributed by atoms with Crippen molar-refractivity contribution in [1.29, 1.82) is 0 Å². The summed E-state index contributed by atoms with van der Waals surface area (Å²) in [7, 11) is 0. The van der Waals surface area contributed by atoms with Gasteiger partial charge in [0.25, 0.3) is 5.91 Å². The molecule has 1 fully saturated rings. The predicted octanol–water partition coefficient (Wildman–Crippen LogP) is 3.24. The summed E-state index contributed by atoms with van der Waals surface area (Å²) in [6, 6.07) is 12.3. The fourth-order valence-corrected chi connectivity index (χ4v) is 4.47. The molecule has 5 rings (SSSR count).